The van der Waals surface area contributed by atoms with E-state index in [9.17, 15) is 19.8 Å². The van der Waals surface area contributed by atoms with Crippen LogP contribution in [0.1, 0.15) is 31.8 Å². The molecule has 0 aliphatic rings. The third kappa shape index (κ3) is 2.77. The van der Waals surface area contributed by atoms with Crippen molar-refractivity contribution in [2.24, 2.45) is 0 Å². The fourth-order valence-electron chi connectivity index (χ4n) is 2.50. The lowest BCUT2D eigenvalue weighted by molar-refractivity contribution is 0.100. The fraction of sp³-hybridized carbons (Fsp3) is 0. The molecule has 3 rings (SSSR count). The van der Waals surface area contributed by atoms with Gasteiger partial charge < -0.3 is 10.2 Å². The highest BCUT2D eigenvalue weighted by Crippen LogP contribution is 2.25. The standard InChI is InChI=1S/C20H14O4/c21-17-11-5-3-9-15(17)19(23)13-7-1-2-8-14(13)20(24)16-10-4-6-12-18(16)22/h1-12,21-22H. The molecule has 0 heterocycles. The van der Waals surface area contributed by atoms with Crippen LogP contribution in [-0.4, -0.2) is 21.8 Å². The Bertz CT molecular complexity index is 852. The van der Waals surface area contributed by atoms with E-state index < -0.39 is 11.6 Å². The van der Waals surface area contributed by atoms with Gasteiger partial charge in [-0.3, -0.25) is 9.59 Å². The van der Waals surface area contributed by atoms with Gasteiger partial charge in [-0.1, -0.05) is 48.5 Å². The number of phenolic OH excluding ortho intramolecular Hbond substituents is 2. The number of benzene rings is 3. The number of carbonyl (C=O) groups is 2. The highest BCUT2D eigenvalue weighted by atomic mass is 16.3. The van der Waals surface area contributed by atoms with Gasteiger partial charge in [0.1, 0.15) is 11.5 Å². The number of rotatable bonds is 4. The third-order valence-electron chi connectivity index (χ3n) is 3.71. The van der Waals surface area contributed by atoms with Crippen LogP contribution in [0.2, 0.25) is 0 Å². The van der Waals surface area contributed by atoms with Crippen molar-refractivity contribution in [3.8, 4) is 11.5 Å². The smallest absolute Gasteiger partial charge is 0.197 e. The number of hydrogen-bond acceptors (Lipinski definition) is 4. The van der Waals surface area contributed by atoms with Crippen LogP contribution in [0.15, 0.2) is 72.8 Å². The molecule has 0 fully saturated rings. The Balaban J connectivity index is 2.09. The number of hydrogen-bond donors (Lipinski definition) is 2. The molecular formula is C20H14O4. The second-order valence-electron chi connectivity index (χ2n) is 5.24. The second-order valence-corrected chi connectivity index (χ2v) is 5.24. The van der Waals surface area contributed by atoms with E-state index in [4.69, 9.17) is 0 Å². The molecule has 0 aliphatic heterocycles. The Hall–Kier alpha value is -3.40. The number of carbonyl (C=O) groups excluding carboxylic acids is 2. The summed E-state index contributed by atoms with van der Waals surface area (Å²) in [4.78, 5) is 25.5. The molecule has 118 valence electrons. The van der Waals surface area contributed by atoms with Crippen molar-refractivity contribution in [2.75, 3.05) is 0 Å². The van der Waals surface area contributed by atoms with Crippen molar-refractivity contribution in [3.05, 3.63) is 95.1 Å². The summed E-state index contributed by atoms with van der Waals surface area (Å²) >= 11 is 0. The monoisotopic (exact) mass is 318 g/mol. The second kappa shape index (κ2) is 6.38. The van der Waals surface area contributed by atoms with Crippen LogP contribution in [0.5, 0.6) is 11.5 Å². The SMILES string of the molecule is O=C(c1ccccc1O)c1ccccc1C(=O)c1ccccc1O. The average molecular weight is 318 g/mol. The topological polar surface area (TPSA) is 74.6 Å². The van der Waals surface area contributed by atoms with Crippen molar-refractivity contribution in [1.29, 1.82) is 0 Å². The van der Waals surface area contributed by atoms with E-state index in [0.717, 1.165) is 0 Å². The van der Waals surface area contributed by atoms with Crippen molar-refractivity contribution in [2.45, 2.75) is 0 Å². The maximum absolute atomic E-state index is 12.7. The molecule has 4 nitrogen and oxygen atoms in total. The fourth-order valence-corrected chi connectivity index (χ4v) is 2.50. The number of ketones is 2. The molecule has 0 atom stereocenters. The van der Waals surface area contributed by atoms with Gasteiger partial charge in [0.25, 0.3) is 0 Å². The maximum atomic E-state index is 12.7. The molecule has 0 aromatic heterocycles. The summed E-state index contributed by atoms with van der Waals surface area (Å²) in [5.74, 6) is -1.19. The van der Waals surface area contributed by atoms with E-state index in [0.29, 0.717) is 0 Å². The van der Waals surface area contributed by atoms with Gasteiger partial charge in [0.15, 0.2) is 11.6 Å². The molecule has 3 aromatic rings. The Kier molecular flexibility index (Phi) is 4.12. The first-order valence-corrected chi connectivity index (χ1v) is 7.34. The van der Waals surface area contributed by atoms with Crippen LogP contribution in [0.25, 0.3) is 0 Å². The van der Waals surface area contributed by atoms with Crippen LogP contribution >= 0.6 is 0 Å². The molecule has 0 amide bonds. The lowest BCUT2D eigenvalue weighted by Crippen LogP contribution is -2.11. The Morgan fingerprint density at radius 2 is 0.792 bits per heavy atom. The van der Waals surface area contributed by atoms with Crippen LogP contribution in [-0.2, 0) is 0 Å². The first kappa shape index (κ1) is 15.5. The van der Waals surface area contributed by atoms with Crippen LogP contribution in [0.3, 0.4) is 0 Å². The summed E-state index contributed by atoms with van der Waals surface area (Å²) in [7, 11) is 0. The van der Waals surface area contributed by atoms with E-state index in [-0.39, 0.29) is 33.8 Å². The average Bonchev–Trinajstić information content (AvgIpc) is 2.61. The minimum absolute atomic E-state index is 0.120. The van der Waals surface area contributed by atoms with Crippen LogP contribution in [0.4, 0.5) is 0 Å². The highest BCUT2D eigenvalue weighted by molar-refractivity contribution is 6.20. The largest absolute Gasteiger partial charge is 0.507 e. The zero-order valence-electron chi connectivity index (χ0n) is 12.6. The van der Waals surface area contributed by atoms with Gasteiger partial charge >= 0.3 is 0 Å². The summed E-state index contributed by atoms with van der Waals surface area (Å²) in [5.41, 5.74) is 0.588. The van der Waals surface area contributed by atoms with Gasteiger partial charge in [-0.25, -0.2) is 0 Å². The van der Waals surface area contributed by atoms with Gasteiger partial charge in [-0.2, -0.15) is 0 Å². The first-order valence-electron chi connectivity index (χ1n) is 7.34. The van der Waals surface area contributed by atoms with E-state index in [1.54, 1.807) is 36.4 Å². The zero-order valence-corrected chi connectivity index (χ0v) is 12.6. The molecule has 0 saturated carbocycles. The zero-order chi connectivity index (χ0) is 17.1. The molecule has 2 N–H and O–H groups in total. The summed E-state index contributed by atoms with van der Waals surface area (Å²) < 4.78 is 0. The van der Waals surface area contributed by atoms with Crippen LogP contribution < -0.4 is 0 Å². The molecule has 0 spiro atoms. The Morgan fingerprint density at radius 3 is 1.12 bits per heavy atom. The summed E-state index contributed by atoms with van der Waals surface area (Å²) in [6, 6.07) is 18.7. The number of para-hydroxylation sites is 2. The third-order valence-corrected chi connectivity index (χ3v) is 3.71. The molecule has 4 heteroatoms. The van der Waals surface area contributed by atoms with E-state index >= 15 is 0 Å². The van der Waals surface area contributed by atoms with Gasteiger partial charge in [0, 0.05) is 11.1 Å². The molecule has 0 bridgehead atoms. The van der Waals surface area contributed by atoms with E-state index in [1.165, 1.54) is 36.4 Å². The molecule has 0 aliphatic carbocycles. The number of phenols is 2. The van der Waals surface area contributed by atoms with Gasteiger partial charge in [-0.05, 0) is 24.3 Å². The molecule has 0 unspecified atom stereocenters. The Morgan fingerprint density at radius 1 is 0.500 bits per heavy atom. The molecular weight excluding hydrogens is 304 g/mol. The number of aromatic hydroxyl groups is 2. The van der Waals surface area contributed by atoms with Crippen molar-refractivity contribution >= 4 is 11.6 Å². The quantitative estimate of drug-likeness (QED) is 0.721. The normalized spacial score (nSPS) is 10.3. The maximum Gasteiger partial charge on any atom is 0.197 e. The lowest BCUT2D eigenvalue weighted by Gasteiger charge is -2.10. The minimum atomic E-state index is -0.451. The molecule has 24 heavy (non-hydrogen) atoms. The molecule has 3 aromatic carbocycles. The Labute approximate surface area is 138 Å². The van der Waals surface area contributed by atoms with E-state index in [2.05, 4.69) is 0 Å². The lowest BCUT2D eigenvalue weighted by atomic mass is 9.93. The molecule has 0 saturated heterocycles. The summed E-state index contributed by atoms with van der Waals surface area (Å²) in [6.45, 7) is 0. The highest BCUT2D eigenvalue weighted by Gasteiger charge is 2.22. The first-order chi connectivity index (χ1) is 11.6. The minimum Gasteiger partial charge on any atom is -0.507 e. The van der Waals surface area contributed by atoms with Crippen molar-refractivity contribution in [3.63, 3.8) is 0 Å². The van der Waals surface area contributed by atoms with Crippen molar-refractivity contribution in [1.82, 2.24) is 0 Å². The van der Waals surface area contributed by atoms with Crippen LogP contribution in [0, 0.1) is 0 Å². The van der Waals surface area contributed by atoms with Crippen molar-refractivity contribution < 1.29 is 19.8 Å². The predicted molar refractivity (Wildman–Crippen MR) is 89.5 cm³/mol. The van der Waals surface area contributed by atoms with Gasteiger partial charge in [0.2, 0.25) is 0 Å². The molecule has 0 radical (unpaired) electrons. The summed E-state index contributed by atoms with van der Waals surface area (Å²) in [6.07, 6.45) is 0. The van der Waals surface area contributed by atoms with Gasteiger partial charge in [-0.15, -0.1) is 0 Å². The predicted octanol–water partition coefficient (Wildman–Crippen LogP) is 3.56. The van der Waals surface area contributed by atoms with Gasteiger partial charge in [0.05, 0.1) is 11.1 Å². The summed E-state index contributed by atoms with van der Waals surface area (Å²) in [5, 5.41) is 19.8. The van der Waals surface area contributed by atoms with E-state index in [1.807, 2.05) is 0 Å².